The molecule has 2 aliphatic heterocycles. The van der Waals surface area contributed by atoms with E-state index in [9.17, 15) is 0 Å². The number of methoxy groups -OCH3 is 1. The summed E-state index contributed by atoms with van der Waals surface area (Å²) in [5.41, 5.74) is 5.71. The van der Waals surface area contributed by atoms with Gasteiger partial charge in [0.2, 0.25) is 0 Å². The number of hydrazone groups is 1. The van der Waals surface area contributed by atoms with Gasteiger partial charge in [-0.3, -0.25) is 0 Å². The quantitative estimate of drug-likeness (QED) is 0.921. The normalized spacial score (nSPS) is 25.0. The first-order valence-corrected chi connectivity index (χ1v) is 7.54. The van der Waals surface area contributed by atoms with Crippen LogP contribution < -0.4 is 14.9 Å². The zero-order valence-corrected chi connectivity index (χ0v) is 12.9. The highest BCUT2D eigenvalue weighted by Crippen LogP contribution is 2.40. The average molecular weight is 289 g/mol. The van der Waals surface area contributed by atoms with E-state index in [0.717, 1.165) is 36.6 Å². The second-order valence-electron chi connectivity index (χ2n) is 5.64. The predicted octanol–water partition coefficient (Wildman–Crippen LogP) is 2.05. The average Bonchev–Trinajstić information content (AvgIpc) is 2.90. The van der Waals surface area contributed by atoms with Gasteiger partial charge in [0.25, 0.3) is 0 Å². The Morgan fingerprint density at radius 2 is 2.29 bits per heavy atom. The molecule has 0 spiro atoms. The minimum atomic E-state index is 0.165. The van der Waals surface area contributed by atoms with E-state index < -0.39 is 0 Å². The minimum Gasteiger partial charge on any atom is -0.492 e. The van der Waals surface area contributed by atoms with Gasteiger partial charge in [-0.15, -0.1) is 0 Å². The van der Waals surface area contributed by atoms with Crippen molar-refractivity contribution >= 4 is 5.71 Å². The Kier molecular flexibility index (Phi) is 4.01. The number of ether oxygens (including phenoxy) is 2. The van der Waals surface area contributed by atoms with Crippen molar-refractivity contribution in [3.8, 4) is 11.5 Å². The molecule has 1 N–H and O–H groups in total. The highest BCUT2D eigenvalue weighted by atomic mass is 16.5. The summed E-state index contributed by atoms with van der Waals surface area (Å²) in [6.07, 6.45) is 1.04. The lowest BCUT2D eigenvalue weighted by atomic mass is 9.86. The number of piperidine rings is 1. The van der Waals surface area contributed by atoms with Gasteiger partial charge in [0.15, 0.2) is 11.5 Å². The Balaban J connectivity index is 1.92. The highest BCUT2D eigenvalue weighted by molar-refractivity contribution is 5.90. The topological polar surface area (TPSA) is 46.1 Å². The Morgan fingerprint density at radius 1 is 1.43 bits per heavy atom. The lowest BCUT2D eigenvalue weighted by molar-refractivity contribution is 0.267. The van der Waals surface area contributed by atoms with Crippen LogP contribution in [0.3, 0.4) is 0 Å². The molecule has 5 heteroatoms. The van der Waals surface area contributed by atoms with Gasteiger partial charge in [0.1, 0.15) is 0 Å². The maximum absolute atomic E-state index is 5.68. The summed E-state index contributed by atoms with van der Waals surface area (Å²) >= 11 is 0. The fourth-order valence-electron chi connectivity index (χ4n) is 3.25. The number of hydrogen-bond acceptors (Lipinski definition) is 5. The molecular formula is C16H23N3O2. The minimum absolute atomic E-state index is 0.165. The van der Waals surface area contributed by atoms with E-state index in [2.05, 4.69) is 28.5 Å². The first-order valence-electron chi connectivity index (χ1n) is 7.54. The summed E-state index contributed by atoms with van der Waals surface area (Å²) in [4.78, 5) is 2.36. The maximum atomic E-state index is 5.68. The predicted molar refractivity (Wildman–Crippen MR) is 83.1 cm³/mol. The van der Waals surface area contributed by atoms with Crippen LogP contribution in [0.5, 0.6) is 11.5 Å². The second-order valence-corrected chi connectivity index (χ2v) is 5.64. The number of hydrogen-bond donors (Lipinski definition) is 1. The van der Waals surface area contributed by atoms with Crippen LogP contribution in [0, 0.1) is 5.92 Å². The van der Waals surface area contributed by atoms with Gasteiger partial charge in [-0.2, -0.15) is 5.10 Å². The number of benzene rings is 1. The summed E-state index contributed by atoms with van der Waals surface area (Å²) in [7, 11) is 3.87. The van der Waals surface area contributed by atoms with Crippen molar-refractivity contribution in [1.82, 2.24) is 10.3 Å². The SMILES string of the molecule is CCOc1cccc(C2NN=C3CCN(C)CC32)c1OC. The molecule has 2 heterocycles. The third-order valence-electron chi connectivity index (χ3n) is 4.28. The summed E-state index contributed by atoms with van der Waals surface area (Å²) in [5.74, 6) is 2.04. The Bertz CT molecular complexity index is 544. The van der Waals surface area contributed by atoms with Gasteiger partial charge < -0.3 is 19.8 Å². The van der Waals surface area contributed by atoms with Crippen LogP contribution in [0.1, 0.15) is 24.9 Å². The van der Waals surface area contributed by atoms with Crippen LogP contribution in [0.2, 0.25) is 0 Å². The van der Waals surface area contributed by atoms with E-state index in [1.54, 1.807) is 7.11 Å². The summed E-state index contributed by atoms with van der Waals surface area (Å²) < 4.78 is 11.3. The van der Waals surface area contributed by atoms with Crippen LogP contribution in [-0.2, 0) is 0 Å². The van der Waals surface area contributed by atoms with Crippen LogP contribution in [0.25, 0.3) is 0 Å². The molecule has 1 aromatic carbocycles. The molecule has 114 valence electrons. The molecule has 21 heavy (non-hydrogen) atoms. The molecule has 0 aromatic heterocycles. The van der Waals surface area contributed by atoms with Crippen molar-refractivity contribution in [1.29, 1.82) is 0 Å². The number of nitrogens with zero attached hydrogens (tertiary/aromatic N) is 2. The number of likely N-dealkylation sites (tertiary alicyclic amines) is 1. The van der Waals surface area contributed by atoms with E-state index in [1.165, 1.54) is 5.71 Å². The fourth-order valence-corrected chi connectivity index (χ4v) is 3.25. The van der Waals surface area contributed by atoms with Gasteiger partial charge in [-0.1, -0.05) is 12.1 Å². The van der Waals surface area contributed by atoms with Crippen LogP contribution in [-0.4, -0.2) is 44.5 Å². The molecule has 2 aliphatic rings. The fraction of sp³-hybridized carbons (Fsp3) is 0.562. The Hall–Kier alpha value is -1.75. The number of nitrogens with one attached hydrogen (secondary N) is 1. The first-order chi connectivity index (χ1) is 10.2. The third-order valence-corrected chi connectivity index (χ3v) is 4.28. The number of rotatable bonds is 4. The molecular weight excluding hydrogens is 266 g/mol. The third kappa shape index (κ3) is 2.58. The summed E-state index contributed by atoms with van der Waals surface area (Å²) in [5, 5.41) is 4.54. The van der Waals surface area contributed by atoms with E-state index in [-0.39, 0.29) is 6.04 Å². The van der Waals surface area contributed by atoms with Gasteiger partial charge >= 0.3 is 0 Å². The van der Waals surface area contributed by atoms with Crippen LogP contribution in [0.15, 0.2) is 23.3 Å². The van der Waals surface area contributed by atoms with Crippen LogP contribution >= 0.6 is 0 Å². The monoisotopic (exact) mass is 289 g/mol. The molecule has 0 aliphatic carbocycles. The molecule has 0 amide bonds. The second kappa shape index (κ2) is 5.93. The lowest BCUT2D eigenvalue weighted by Crippen LogP contribution is -2.39. The van der Waals surface area contributed by atoms with Crippen molar-refractivity contribution < 1.29 is 9.47 Å². The molecule has 0 radical (unpaired) electrons. The van der Waals surface area contributed by atoms with Crippen molar-refractivity contribution in [3.05, 3.63) is 23.8 Å². The zero-order chi connectivity index (χ0) is 14.8. The molecule has 0 bridgehead atoms. The molecule has 3 rings (SSSR count). The largest absolute Gasteiger partial charge is 0.492 e. The molecule has 1 fully saturated rings. The van der Waals surface area contributed by atoms with E-state index in [4.69, 9.17) is 9.47 Å². The Morgan fingerprint density at radius 3 is 3.05 bits per heavy atom. The lowest BCUT2D eigenvalue weighted by Gasteiger charge is -2.31. The van der Waals surface area contributed by atoms with Gasteiger partial charge in [0, 0.05) is 36.7 Å². The highest BCUT2D eigenvalue weighted by Gasteiger charge is 2.37. The molecule has 1 saturated heterocycles. The van der Waals surface area contributed by atoms with Gasteiger partial charge in [-0.05, 0) is 20.0 Å². The van der Waals surface area contributed by atoms with Gasteiger partial charge in [0.05, 0.1) is 19.8 Å². The van der Waals surface area contributed by atoms with Gasteiger partial charge in [-0.25, -0.2) is 0 Å². The van der Waals surface area contributed by atoms with E-state index >= 15 is 0 Å². The summed E-state index contributed by atoms with van der Waals surface area (Å²) in [6.45, 7) is 4.72. The molecule has 1 aromatic rings. The smallest absolute Gasteiger partial charge is 0.166 e. The molecule has 0 saturated carbocycles. The summed E-state index contributed by atoms with van der Waals surface area (Å²) in [6, 6.07) is 6.24. The molecule has 5 nitrogen and oxygen atoms in total. The van der Waals surface area contributed by atoms with Crippen molar-refractivity contribution in [2.24, 2.45) is 11.0 Å². The molecule has 2 atom stereocenters. The van der Waals surface area contributed by atoms with Crippen LogP contribution in [0.4, 0.5) is 0 Å². The first kappa shape index (κ1) is 14.2. The van der Waals surface area contributed by atoms with E-state index in [0.29, 0.717) is 12.5 Å². The van der Waals surface area contributed by atoms with Crippen molar-refractivity contribution in [2.75, 3.05) is 33.9 Å². The van der Waals surface area contributed by atoms with Crippen molar-refractivity contribution in [3.63, 3.8) is 0 Å². The number of fused-ring (bicyclic) bond motifs is 1. The zero-order valence-electron chi connectivity index (χ0n) is 12.9. The standard InChI is InChI=1S/C16H23N3O2/c1-4-21-14-7-5-6-11(16(14)20-3)15-12-10-19(2)9-8-13(12)17-18-15/h5-7,12,15,18H,4,8-10H2,1-3H3. The maximum Gasteiger partial charge on any atom is 0.166 e. The molecule has 2 unspecified atom stereocenters. The Labute approximate surface area is 125 Å². The van der Waals surface area contributed by atoms with Crippen molar-refractivity contribution in [2.45, 2.75) is 19.4 Å². The number of para-hydroxylation sites is 1. The van der Waals surface area contributed by atoms with E-state index in [1.807, 2.05) is 19.1 Å².